The predicted molar refractivity (Wildman–Crippen MR) is 126 cm³/mol. The molecule has 0 spiro atoms. The fourth-order valence-electron chi connectivity index (χ4n) is 4.31. The zero-order valence-corrected chi connectivity index (χ0v) is 18.0. The fourth-order valence-corrected chi connectivity index (χ4v) is 4.61. The summed E-state index contributed by atoms with van der Waals surface area (Å²) in [5, 5.41) is 4.28. The Labute approximate surface area is 187 Å². The van der Waals surface area contributed by atoms with Gasteiger partial charge in [0.1, 0.15) is 0 Å². The van der Waals surface area contributed by atoms with Crippen LogP contribution < -0.4 is 5.32 Å². The van der Waals surface area contributed by atoms with Crippen LogP contribution >= 0.6 is 12.2 Å². The van der Waals surface area contributed by atoms with E-state index >= 15 is 0 Å². The molecular formula is C25H23N5S. The summed E-state index contributed by atoms with van der Waals surface area (Å²) in [7, 11) is 0. The number of nitrogens with one attached hydrogen (secondary N) is 1. The molecule has 1 aliphatic rings. The van der Waals surface area contributed by atoms with Crippen LogP contribution in [0.2, 0.25) is 0 Å². The maximum Gasteiger partial charge on any atom is 0.170 e. The quantitative estimate of drug-likeness (QED) is 0.468. The summed E-state index contributed by atoms with van der Waals surface area (Å²) in [6.07, 6.45) is 5.53. The molecular weight excluding hydrogens is 402 g/mol. The van der Waals surface area contributed by atoms with Crippen molar-refractivity contribution in [2.75, 3.05) is 0 Å². The Kier molecular flexibility index (Phi) is 5.22. The molecule has 0 amide bonds. The normalized spacial score (nSPS) is 18.2. The molecule has 1 saturated heterocycles. The van der Waals surface area contributed by atoms with E-state index in [1.807, 2.05) is 36.7 Å². The van der Waals surface area contributed by atoms with Gasteiger partial charge in [-0.25, -0.2) is 0 Å². The molecule has 1 fully saturated rings. The SMILES string of the molecule is Cc1ccc([C@H]2[C@H](c3ccccn3)NC(=S)N2Cc2ccccc2)n1-c1cccnc1. The molecule has 0 aliphatic carbocycles. The number of thiocarbonyl (C=S) groups is 1. The van der Waals surface area contributed by atoms with Gasteiger partial charge < -0.3 is 14.8 Å². The highest BCUT2D eigenvalue weighted by Gasteiger charge is 2.41. The molecule has 0 saturated carbocycles. The van der Waals surface area contributed by atoms with Crippen LogP contribution in [-0.2, 0) is 6.54 Å². The number of benzene rings is 1. The molecule has 0 bridgehead atoms. The van der Waals surface area contributed by atoms with Gasteiger partial charge in [0.25, 0.3) is 0 Å². The van der Waals surface area contributed by atoms with Crippen molar-refractivity contribution in [3.8, 4) is 5.69 Å². The van der Waals surface area contributed by atoms with Gasteiger partial charge >= 0.3 is 0 Å². The third kappa shape index (κ3) is 3.70. The molecule has 3 aromatic heterocycles. The fraction of sp³-hybridized carbons (Fsp3) is 0.160. The minimum Gasteiger partial charge on any atom is -0.352 e. The number of nitrogens with zero attached hydrogens (tertiary/aromatic N) is 4. The van der Waals surface area contributed by atoms with Crippen LogP contribution in [0, 0.1) is 6.92 Å². The van der Waals surface area contributed by atoms with Crippen LogP contribution in [0.25, 0.3) is 5.69 Å². The van der Waals surface area contributed by atoms with Crippen molar-refractivity contribution in [2.45, 2.75) is 25.6 Å². The molecule has 1 aliphatic heterocycles. The minimum absolute atomic E-state index is 0.0171. The lowest BCUT2D eigenvalue weighted by atomic mass is 10.0. The Morgan fingerprint density at radius 3 is 2.52 bits per heavy atom. The Balaban J connectivity index is 1.63. The monoisotopic (exact) mass is 425 g/mol. The van der Waals surface area contributed by atoms with Gasteiger partial charge in [-0.05, 0) is 61.1 Å². The summed E-state index contributed by atoms with van der Waals surface area (Å²) in [4.78, 5) is 11.3. The first-order valence-corrected chi connectivity index (χ1v) is 10.7. The van der Waals surface area contributed by atoms with E-state index in [-0.39, 0.29) is 12.1 Å². The highest BCUT2D eigenvalue weighted by Crippen LogP contribution is 2.40. The summed E-state index contributed by atoms with van der Waals surface area (Å²) < 4.78 is 2.27. The van der Waals surface area contributed by atoms with Crippen molar-refractivity contribution in [3.05, 3.63) is 114 Å². The maximum atomic E-state index is 5.83. The van der Waals surface area contributed by atoms with Crippen LogP contribution in [0.4, 0.5) is 0 Å². The van der Waals surface area contributed by atoms with Gasteiger partial charge in [0.05, 0.1) is 29.7 Å². The second kappa shape index (κ2) is 8.32. The van der Waals surface area contributed by atoms with E-state index in [1.54, 1.807) is 6.20 Å². The molecule has 2 atom stereocenters. The largest absolute Gasteiger partial charge is 0.352 e. The third-order valence-electron chi connectivity index (χ3n) is 5.71. The van der Waals surface area contributed by atoms with Crippen LogP contribution in [0.3, 0.4) is 0 Å². The van der Waals surface area contributed by atoms with Gasteiger partial charge in [0.2, 0.25) is 0 Å². The highest BCUT2D eigenvalue weighted by atomic mass is 32.1. The molecule has 0 unspecified atom stereocenters. The zero-order chi connectivity index (χ0) is 21.2. The molecule has 4 heterocycles. The first kappa shape index (κ1) is 19.5. The first-order chi connectivity index (χ1) is 15.2. The van der Waals surface area contributed by atoms with Gasteiger partial charge in [-0.15, -0.1) is 0 Å². The summed E-state index contributed by atoms with van der Waals surface area (Å²) in [6, 6.07) is 24.8. The third-order valence-corrected chi connectivity index (χ3v) is 6.06. The van der Waals surface area contributed by atoms with Gasteiger partial charge in [-0.3, -0.25) is 9.97 Å². The molecule has 5 rings (SSSR count). The lowest BCUT2D eigenvalue weighted by Gasteiger charge is -2.29. The molecule has 5 nitrogen and oxygen atoms in total. The Bertz CT molecular complexity index is 1170. The van der Waals surface area contributed by atoms with Crippen LogP contribution in [0.15, 0.2) is 91.4 Å². The maximum absolute atomic E-state index is 5.83. The lowest BCUT2D eigenvalue weighted by Crippen LogP contribution is -2.30. The summed E-state index contributed by atoms with van der Waals surface area (Å²) >= 11 is 5.83. The van der Waals surface area contributed by atoms with E-state index in [0.717, 1.165) is 34.4 Å². The number of aryl methyl sites for hydroxylation is 1. The van der Waals surface area contributed by atoms with Crippen LogP contribution in [0.5, 0.6) is 0 Å². The average Bonchev–Trinajstić information content (AvgIpc) is 3.35. The van der Waals surface area contributed by atoms with E-state index in [2.05, 4.69) is 80.2 Å². The standard InChI is InChI=1S/C25H23N5S/c1-18-12-13-22(30(18)20-10-7-14-26-16-20)24-23(21-11-5-6-15-27-21)28-25(31)29(24)17-19-8-3-2-4-9-19/h2-16,23-24H,17H2,1H3,(H,28,31)/t23-,24-/m0/s1. The summed E-state index contributed by atoms with van der Waals surface area (Å²) in [6.45, 7) is 2.84. The number of hydrogen-bond acceptors (Lipinski definition) is 3. The molecule has 0 radical (unpaired) electrons. The van der Waals surface area contributed by atoms with Gasteiger partial charge in [0, 0.05) is 30.3 Å². The van der Waals surface area contributed by atoms with Crippen molar-refractivity contribution in [1.82, 2.24) is 24.8 Å². The smallest absolute Gasteiger partial charge is 0.170 e. The van der Waals surface area contributed by atoms with Crippen LogP contribution in [0.1, 0.15) is 34.7 Å². The summed E-state index contributed by atoms with van der Waals surface area (Å²) in [5.74, 6) is 0. The van der Waals surface area contributed by atoms with Crippen molar-refractivity contribution in [2.24, 2.45) is 0 Å². The van der Waals surface area contributed by atoms with Gasteiger partial charge in [0.15, 0.2) is 5.11 Å². The molecule has 6 heteroatoms. The number of pyridine rings is 2. The van der Waals surface area contributed by atoms with Crippen molar-refractivity contribution in [3.63, 3.8) is 0 Å². The second-order valence-corrected chi connectivity index (χ2v) is 8.07. The second-order valence-electron chi connectivity index (χ2n) is 7.69. The molecule has 154 valence electrons. The lowest BCUT2D eigenvalue weighted by molar-refractivity contribution is 0.302. The predicted octanol–water partition coefficient (Wildman–Crippen LogP) is 4.75. The number of hydrogen-bond donors (Lipinski definition) is 1. The zero-order valence-electron chi connectivity index (χ0n) is 17.2. The Morgan fingerprint density at radius 1 is 0.935 bits per heavy atom. The van der Waals surface area contributed by atoms with Crippen molar-refractivity contribution < 1.29 is 0 Å². The molecule has 1 N–H and O–H groups in total. The number of aromatic nitrogens is 3. The Morgan fingerprint density at radius 2 is 1.77 bits per heavy atom. The van der Waals surface area contributed by atoms with E-state index < -0.39 is 0 Å². The van der Waals surface area contributed by atoms with Crippen molar-refractivity contribution >= 4 is 17.3 Å². The first-order valence-electron chi connectivity index (χ1n) is 10.3. The average molecular weight is 426 g/mol. The molecule has 1 aromatic carbocycles. The van der Waals surface area contributed by atoms with E-state index in [0.29, 0.717) is 0 Å². The highest BCUT2D eigenvalue weighted by molar-refractivity contribution is 7.80. The summed E-state index contributed by atoms with van der Waals surface area (Å²) in [5.41, 5.74) is 5.54. The topological polar surface area (TPSA) is 46.0 Å². The molecule has 31 heavy (non-hydrogen) atoms. The minimum atomic E-state index is -0.0536. The van der Waals surface area contributed by atoms with Crippen molar-refractivity contribution in [1.29, 1.82) is 0 Å². The van der Waals surface area contributed by atoms with E-state index in [4.69, 9.17) is 12.2 Å². The van der Waals surface area contributed by atoms with Crippen LogP contribution in [-0.4, -0.2) is 24.5 Å². The molecule has 4 aromatic rings. The Hall–Kier alpha value is -3.51. The van der Waals surface area contributed by atoms with Gasteiger partial charge in [-0.1, -0.05) is 36.4 Å². The van der Waals surface area contributed by atoms with Gasteiger partial charge in [-0.2, -0.15) is 0 Å². The number of rotatable bonds is 5. The van der Waals surface area contributed by atoms with E-state index in [9.17, 15) is 0 Å². The van der Waals surface area contributed by atoms with E-state index in [1.165, 1.54) is 5.56 Å².